The third-order valence-electron chi connectivity index (χ3n) is 2.96. The Balaban J connectivity index is 2.06. The maximum Gasteiger partial charge on any atom is 0.263 e. The van der Waals surface area contributed by atoms with E-state index in [1.807, 2.05) is 0 Å². The Morgan fingerprint density at radius 1 is 1.25 bits per heavy atom. The minimum Gasteiger partial charge on any atom is -0.342 e. The van der Waals surface area contributed by atoms with E-state index in [0.717, 1.165) is 25.9 Å². The highest BCUT2D eigenvalue weighted by atomic mass is 16.1. The molecule has 84 valence electrons. The van der Waals surface area contributed by atoms with Crippen molar-refractivity contribution in [3.8, 4) is 0 Å². The average Bonchev–Trinajstić information content (AvgIpc) is 2.79. The van der Waals surface area contributed by atoms with Gasteiger partial charge in [-0.1, -0.05) is 0 Å². The lowest BCUT2D eigenvalue weighted by molar-refractivity contribution is 0.568. The summed E-state index contributed by atoms with van der Waals surface area (Å²) in [7, 11) is 0. The molecule has 0 radical (unpaired) electrons. The molecule has 0 amide bonds. The molecule has 0 unspecified atom stereocenters. The van der Waals surface area contributed by atoms with Crippen LogP contribution in [0.1, 0.15) is 19.3 Å². The van der Waals surface area contributed by atoms with Crippen LogP contribution in [0.4, 0.5) is 5.95 Å². The van der Waals surface area contributed by atoms with Gasteiger partial charge in [-0.3, -0.25) is 14.9 Å². The van der Waals surface area contributed by atoms with Crippen LogP contribution < -0.4 is 10.5 Å². The smallest absolute Gasteiger partial charge is 0.263 e. The molecule has 3 heterocycles. The van der Waals surface area contributed by atoms with E-state index in [-0.39, 0.29) is 5.56 Å². The Morgan fingerprint density at radius 3 is 2.88 bits per heavy atom. The molecule has 3 rings (SSSR count). The summed E-state index contributed by atoms with van der Waals surface area (Å²) in [5.74, 6) is 0.654. The molecule has 6 nitrogen and oxygen atoms in total. The van der Waals surface area contributed by atoms with Crippen LogP contribution in [0.2, 0.25) is 0 Å². The summed E-state index contributed by atoms with van der Waals surface area (Å²) in [6, 6.07) is 0. The van der Waals surface area contributed by atoms with Crippen molar-refractivity contribution in [2.75, 3.05) is 18.0 Å². The lowest BCUT2D eigenvalue weighted by atomic mass is 10.1. The normalized spacial score (nSPS) is 16.9. The second kappa shape index (κ2) is 3.62. The standard InChI is InChI=1S/C10H13N5O/c16-9-7-6-11-14-8(7)12-10(13-9)15-4-2-1-3-5-15/h6H,1-5H2,(H2,11,12,13,14,16). The molecule has 0 saturated carbocycles. The first kappa shape index (κ1) is 9.38. The SMILES string of the molecule is O=c1[nH]c(N2CCCCC2)nc2[nH]ncc12. The first-order valence-corrected chi connectivity index (χ1v) is 5.53. The maximum absolute atomic E-state index is 11.7. The Kier molecular flexibility index (Phi) is 2.12. The van der Waals surface area contributed by atoms with Crippen LogP contribution >= 0.6 is 0 Å². The third-order valence-corrected chi connectivity index (χ3v) is 2.96. The van der Waals surface area contributed by atoms with Crippen molar-refractivity contribution >= 4 is 17.0 Å². The molecule has 0 atom stereocenters. The minimum atomic E-state index is -0.126. The predicted molar refractivity (Wildman–Crippen MR) is 60.6 cm³/mol. The topological polar surface area (TPSA) is 77.7 Å². The molecule has 0 spiro atoms. The zero-order valence-electron chi connectivity index (χ0n) is 8.86. The Morgan fingerprint density at radius 2 is 2.06 bits per heavy atom. The Bertz CT molecular complexity index is 552. The van der Waals surface area contributed by atoms with Gasteiger partial charge in [0.05, 0.1) is 6.20 Å². The van der Waals surface area contributed by atoms with Gasteiger partial charge >= 0.3 is 0 Å². The van der Waals surface area contributed by atoms with Gasteiger partial charge in [-0.15, -0.1) is 0 Å². The van der Waals surface area contributed by atoms with E-state index in [1.54, 1.807) is 0 Å². The fourth-order valence-corrected chi connectivity index (χ4v) is 2.09. The molecule has 1 fully saturated rings. The maximum atomic E-state index is 11.7. The first-order valence-electron chi connectivity index (χ1n) is 5.53. The lowest BCUT2D eigenvalue weighted by Crippen LogP contribution is -2.32. The van der Waals surface area contributed by atoms with Crippen LogP contribution in [-0.2, 0) is 0 Å². The molecular formula is C10H13N5O. The van der Waals surface area contributed by atoms with E-state index < -0.39 is 0 Å². The number of fused-ring (bicyclic) bond motifs is 1. The van der Waals surface area contributed by atoms with E-state index in [9.17, 15) is 4.79 Å². The molecule has 2 aromatic heterocycles. The minimum absolute atomic E-state index is 0.126. The zero-order chi connectivity index (χ0) is 11.0. The van der Waals surface area contributed by atoms with E-state index in [4.69, 9.17) is 0 Å². The summed E-state index contributed by atoms with van der Waals surface area (Å²) in [6.07, 6.45) is 5.07. The van der Waals surface area contributed by atoms with Crippen LogP contribution in [0.25, 0.3) is 11.0 Å². The van der Waals surface area contributed by atoms with Gasteiger partial charge in [0.25, 0.3) is 5.56 Å². The monoisotopic (exact) mass is 219 g/mol. The number of rotatable bonds is 1. The zero-order valence-corrected chi connectivity index (χ0v) is 8.86. The second-order valence-electron chi connectivity index (χ2n) is 4.07. The fourth-order valence-electron chi connectivity index (χ4n) is 2.09. The molecule has 0 aliphatic carbocycles. The molecule has 6 heteroatoms. The van der Waals surface area contributed by atoms with Crippen LogP contribution in [0.15, 0.2) is 11.0 Å². The van der Waals surface area contributed by atoms with Crippen molar-refractivity contribution in [3.05, 3.63) is 16.6 Å². The number of nitrogens with zero attached hydrogens (tertiary/aromatic N) is 3. The van der Waals surface area contributed by atoms with Gasteiger partial charge in [0.1, 0.15) is 5.39 Å². The second-order valence-corrected chi connectivity index (χ2v) is 4.07. The summed E-state index contributed by atoms with van der Waals surface area (Å²) >= 11 is 0. The number of anilines is 1. The van der Waals surface area contributed by atoms with E-state index in [2.05, 4.69) is 25.1 Å². The highest BCUT2D eigenvalue weighted by Gasteiger charge is 2.14. The molecule has 1 aliphatic rings. The van der Waals surface area contributed by atoms with Crippen molar-refractivity contribution in [1.82, 2.24) is 20.2 Å². The summed E-state index contributed by atoms with van der Waals surface area (Å²) < 4.78 is 0. The van der Waals surface area contributed by atoms with Crippen molar-refractivity contribution in [2.45, 2.75) is 19.3 Å². The van der Waals surface area contributed by atoms with Gasteiger partial charge in [-0.05, 0) is 19.3 Å². The quantitative estimate of drug-likeness (QED) is 0.737. The van der Waals surface area contributed by atoms with Gasteiger partial charge < -0.3 is 4.90 Å². The summed E-state index contributed by atoms with van der Waals surface area (Å²) in [5.41, 5.74) is 0.434. The number of hydrogen-bond acceptors (Lipinski definition) is 4. The molecule has 0 aromatic carbocycles. The third kappa shape index (κ3) is 1.46. The van der Waals surface area contributed by atoms with Crippen LogP contribution in [-0.4, -0.2) is 33.3 Å². The lowest BCUT2D eigenvalue weighted by Gasteiger charge is -2.26. The van der Waals surface area contributed by atoms with Crippen LogP contribution in [0.3, 0.4) is 0 Å². The Labute approximate surface area is 91.7 Å². The summed E-state index contributed by atoms with van der Waals surface area (Å²) in [5, 5.41) is 7.07. The molecule has 16 heavy (non-hydrogen) atoms. The van der Waals surface area contributed by atoms with Gasteiger partial charge in [0.2, 0.25) is 5.95 Å². The number of H-pyrrole nitrogens is 2. The largest absolute Gasteiger partial charge is 0.342 e. The predicted octanol–water partition coefficient (Wildman–Crippen LogP) is 0.636. The van der Waals surface area contributed by atoms with Crippen LogP contribution in [0.5, 0.6) is 0 Å². The fraction of sp³-hybridized carbons (Fsp3) is 0.500. The Hall–Kier alpha value is -1.85. The summed E-state index contributed by atoms with van der Waals surface area (Å²) in [4.78, 5) is 21.0. The van der Waals surface area contributed by atoms with Crippen LogP contribution in [0, 0.1) is 0 Å². The first-order chi connectivity index (χ1) is 7.84. The van der Waals surface area contributed by atoms with Crippen molar-refractivity contribution in [2.24, 2.45) is 0 Å². The van der Waals surface area contributed by atoms with Gasteiger partial charge in [-0.2, -0.15) is 10.1 Å². The number of aromatic amines is 2. The molecule has 1 aliphatic heterocycles. The van der Waals surface area contributed by atoms with Gasteiger partial charge in [0.15, 0.2) is 5.65 Å². The molecule has 1 saturated heterocycles. The van der Waals surface area contributed by atoms with E-state index in [0.29, 0.717) is 17.0 Å². The van der Waals surface area contributed by atoms with Gasteiger partial charge in [-0.25, -0.2) is 0 Å². The van der Waals surface area contributed by atoms with Crippen molar-refractivity contribution < 1.29 is 0 Å². The molecule has 2 aromatic rings. The van der Waals surface area contributed by atoms with Crippen molar-refractivity contribution in [3.63, 3.8) is 0 Å². The average molecular weight is 219 g/mol. The number of hydrogen-bond donors (Lipinski definition) is 2. The molecular weight excluding hydrogens is 206 g/mol. The molecule has 0 bridgehead atoms. The van der Waals surface area contributed by atoms with E-state index >= 15 is 0 Å². The van der Waals surface area contributed by atoms with Crippen molar-refractivity contribution in [1.29, 1.82) is 0 Å². The molecule has 2 N–H and O–H groups in total. The summed E-state index contributed by atoms with van der Waals surface area (Å²) in [6.45, 7) is 1.92. The number of nitrogens with one attached hydrogen (secondary N) is 2. The number of piperidine rings is 1. The van der Waals surface area contributed by atoms with Gasteiger partial charge in [0, 0.05) is 13.1 Å². The number of aromatic nitrogens is 4. The highest BCUT2D eigenvalue weighted by molar-refractivity contribution is 5.73. The highest BCUT2D eigenvalue weighted by Crippen LogP contribution is 2.15. The van der Waals surface area contributed by atoms with E-state index in [1.165, 1.54) is 12.6 Å².